The van der Waals surface area contributed by atoms with E-state index in [0.717, 1.165) is 6.54 Å². The summed E-state index contributed by atoms with van der Waals surface area (Å²) < 4.78 is 8.15. The van der Waals surface area contributed by atoms with Crippen LogP contribution in [0.5, 0.6) is 0 Å². The third-order valence-corrected chi connectivity index (χ3v) is 1.83. The Kier molecular flexibility index (Phi) is 2.89. The van der Waals surface area contributed by atoms with Crippen LogP contribution in [-0.2, 0) is 11.3 Å². The molecule has 0 unspecified atom stereocenters. The smallest absolute Gasteiger partial charge is 0.382 e. The van der Waals surface area contributed by atoms with Gasteiger partial charge in [0.2, 0.25) is 0 Å². The minimum Gasteiger partial charge on any atom is -0.463 e. The minimum absolute atomic E-state index is 0.323. The highest BCUT2D eigenvalue weighted by molar-refractivity contribution is 5.85. The van der Waals surface area contributed by atoms with Gasteiger partial charge in [0.1, 0.15) is 0 Å². The van der Waals surface area contributed by atoms with E-state index in [2.05, 4.69) is 10.2 Å². The molecule has 0 atom stereocenters. The minimum atomic E-state index is -0.323. The summed E-state index contributed by atoms with van der Waals surface area (Å²) >= 11 is 0. The quantitative estimate of drug-likeness (QED) is 0.521. The van der Waals surface area contributed by atoms with Gasteiger partial charge in [-0.25, -0.2) is 9.36 Å². The number of carbonyl (C=O) groups is 1. The van der Waals surface area contributed by atoms with Crippen LogP contribution in [0.2, 0.25) is 0 Å². The molecule has 0 saturated heterocycles. The molecule has 0 saturated carbocycles. The summed E-state index contributed by atoms with van der Waals surface area (Å²) in [5, 5.41) is 0. The van der Waals surface area contributed by atoms with Crippen LogP contribution in [0.4, 0.5) is 0 Å². The molecule has 72 valence electrons. The van der Waals surface area contributed by atoms with Crippen LogP contribution >= 0.6 is 0 Å². The van der Waals surface area contributed by atoms with E-state index in [1.54, 1.807) is 24.2 Å². The average molecular weight is 184 g/mol. The van der Waals surface area contributed by atoms with Crippen LogP contribution in [-0.4, -0.2) is 24.8 Å². The van der Waals surface area contributed by atoms with Crippen molar-refractivity contribution in [1.82, 2.24) is 4.68 Å². The predicted octanol–water partition coefficient (Wildman–Crippen LogP) is -0.245. The van der Waals surface area contributed by atoms with Gasteiger partial charge in [-0.3, -0.25) is 5.43 Å². The van der Waals surface area contributed by atoms with Gasteiger partial charge in [0.05, 0.1) is 13.7 Å². The summed E-state index contributed by atoms with van der Waals surface area (Å²) in [7, 11) is 3.15. The van der Waals surface area contributed by atoms with Crippen molar-refractivity contribution in [3.05, 3.63) is 18.2 Å². The summed E-state index contributed by atoms with van der Waals surface area (Å²) in [6.45, 7) is 2.70. The fourth-order valence-electron chi connectivity index (χ4n) is 1.10. The van der Waals surface area contributed by atoms with Crippen molar-refractivity contribution in [3.8, 4) is 0 Å². The van der Waals surface area contributed by atoms with Crippen molar-refractivity contribution in [1.29, 1.82) is 0 Å². The van der Waals surface area contributed by atoms with E-state index in [1.807, 2.05) is 11.5 Å². The molecule has 0 radical (unpaired) electrons. The number of ether oxygens (including phenoxy) is 1. The first-order chi connectivity index (χ1) is 6.22. The molecular formula is C8H14N3O2+. The molecule has 0 aliphatic rings. The normalized spacial score (nSPS) is 9.77. The van der Waals surface area contributed by atoms with Crippen LogP contribution in [0.15, 0.2) is 12.5 Å². The Labute approximate surface area is 76.9 Å². The molecular weight excluding hydrogens is 170 g/mol. The van der Waals surface area contributed by atoms with Crippen molar-refractivity contribution in [2.75, 3.05) is 19.6 Å². The van der Waals surface area contributed by atoms with E-state index in [4.69, 9.17) is 0 Å². The van der Waals surface area contributed by atoms with Crippen molar-refractivity contribution in [2.45, 2.75) is 13.5 Å². The molecule has 1 aromatic rings. The molecule has 1 aromatic heterocycles. The Morgan fingerprint density at radius 3 is 2.92 bits per heavy atom. The number of esters is 1. The fourth-order valence-corrected chi connectivity index (χ4v) is 1.10. The molecule has 13 heavy (non-hydrogen) atoms. The lowest BCUT2D eigenvalue weighted by Gasteiger charge is -1.94. The first-order valence-electron chi connectivity index (χ1n) is 4.10. The van der Waals surface area contributed by atoms with Crippen molar-refractivity contribution < 1.29 is 14.1 Å². The zero-order valence-electron chi connectivity index (χ0n) is 8.07. The average Bonchev–Trinajstić information content (AvgIpc) is 2.59. The molecule has 1 rings (SSSR count). The molecule has 5 heteroatoms. The Balaban J connectivity index is 3.03. The largest absolute Gasteiger partial charge is 0.463 e. The van der Waals surface area contributed by atoms with Gasteiger partial charge in [-0.1, -0.05) is 0 Å². The summed E-state index contributed by atoms with van der Waals surface area (Å²) in [5.74, 6) is -0.323. The molecule has 0 aromatic carbocycles. The Hall–Kier alpha value is -1.52. The van der Waals surface area contributed by atoms with Gasteiger partial charge < -0.3 is 4.74 Å². The zero-order valence-corrected chi connectivity index (χ0v) is 8.07. The first kappa shape index (κ1) is 9.57. The standard InChI is InChI=1S/C8H14N3O2/c1-4-10-6-11(9-2)5-7(10)8(12)13-3/h5-6,9H,4H2,1-3H3/q+1. The number of nitrogens with zero attached hydrogens (tertiary/aromatic N) is 2. The number of methoxy groups -OCH3 is 1. The highest BCUT2D eigenvalue weighted by Crippen LogP contribution is 1.94. The van der Waals surface area contributed by atoms with Gasteiger partial charge in [-0.15, -0.1) is 4.68 Å². The van der Waals surface area contributed by atoms with Gasteiger partial charge in [0.15, 0.2) is 6.20 Å². The molecule has 0 bridgehead atoms. The number of hydrogen-bond acceptors (Lipinski definition) is 3. The second kappa shape index (κ2) is 3.93. The summed E-state index contributed by atoms with van der Waals surface area (Å²) in [4.78, 5) is 11.2. The lowest BCUT2D eigenvalue weighted by atomic mass is 10.4. The van der Waals surface area contributed by atoms with E-state index < -0.39 is 0 Å². The first-order valence-corrected chi connectivity index (χ1v) is 4.10. The Morgan fingerprint density at radius 1 is 1.77 bits per heavy atom. The molecule has 0 aliphatic heterocycles. The molecule has 0 spiro atoms. The van der Waals surface area contributed by atoms with E-state index in [-0.39, 0.29) is 5.97 Å². The SMILES string of the molecule is CC[n+]1cn(NC)cc1C(=O)OC. The van der Waals surface area contributed by atoms with E-state index in [0.29, 0.717) is 5.69 Å². The number of imidazole rings is 1. The van der Waals surface area contributed by atoms with Crippen molar-refractivity contribution in [2.24, 2.45) is 0 Å². The number of aromatic nitrogens is 2. The maximum atomic E-state index is 11.2. The zero-order chi connectivity index (χ0) is 9.84. The van der Waals surface area contributed by atoms with Crippen LogP contribution in [0.1, 0.15) is 17.4 Å². The second-order valence-corrected chi connectivity index (χ2v) is 2.54. The highest BCUT2D eigenvalue weighted by atomic mass is 16.5. The molecule has 5 nitrogen and oxygen atoms in total. The summed E-state index contributed by atoms with van der Waals surface area (Å²) in [6.07, 6.45) is 3.49. The third-order valence-electron chi connectivity index (χ3n) is 1.83. The molecule has 0 fully saturated rings. The number of hydrogen-bond donors (Lipinski definition) is 1. The van der Waals surface area contributed by atoms with Gasteiger partial charge in [-0.2, -0.15) is 0 Å². The molecule has 1 N–H and O–H groups in total. The number of nitrogens with one attached hydrogen (secondary N) is 1. The lowest BCUT2D eigenvalue weighted by molar-refractivity contribution is -0.695. The van der Waals surface area contributed by atoms with Crippen LogP contribution in [0.3, 0.4) is 0 Å². The van der Waals surface area contributed by atoms with Crippen LogP contribution < -0.4 is 9.99 Å². The lowest BCUT2D eigenvalue weighted by Crippen LogP contribution is -2.37. The van der Waals surface area contributed by atoms with Crippen LogP contribution in [0, 0.1) is 0 Å². The van der Waals surface area contributed by atoms with Gasteiger partial charge in [0, 0.05) is 7.05 Å². The van der Waals surface area contributed by atoms with E-state index in [1.165, 1.54) is 7.11 Å². The summed E-state index contributed by atoms with van der Waals surface area (Å²) in [5.41, 5.74) is 3.43. The maximum absolute atomic E-state index is 11.2. The summed E-state index contributed by atoms with van der Waals surface area (Å²) in [6, 6.07) is 0. The Bertz CT molecular complexity index is 306. The molecule has 0 amide bonds. The fraction of sp³-hybridized carbons (Fsp3) is 0.500. The highest BCUT2D eigenvalue weighted by Gasteiger charge is 2.19. The monoisotopic (exact) mass is 184 g/mol. The van der Waals surface area contributed by atoms with E-state index in [9.17, 15) is 4.79 Å². The van der Waals surface area contributed by atoms with Gasteiger partial charge >= 0.3 is 5.97 Å². The second-order valence-electron chi connectivity index (χ2n) is 2.54. The molecule has 0 aliphatic carbocycles. The Morgan fingerprint density at radius 2 is 2.46 bits per heavy atom. The number of aryl methyl sites for hydroxylation is 1. The van der Waals surface area contributed by atoms with Gasteiger partial charge in [0.25, 0.3) is 12.0 Å². The van der Waals surface area contributed by atoms with Crippen molar-refractivity contribution in [3.63, 3.8) is 0 Å². The predicted molar refractivity (Wildman–Crippen MR) is 46.9 cm³/mol. The molecule has 1 heterocycles. The topological polar surface area (TPSA) is 47.1 Å². The van der Waals surface area contributed by atoms with E-state index >= 15 is 0 Å². The van der Waals surface area contributed by atoms with Crippen LogP contribution in [0.25, 0.3) is 0 Å². The van der Waals surface area contributed by atoms with Crippen molar-refractivity contribution >= 4 is 5.97 Å². The number of carbonyl (C=O) groups excluding carboxylic acids is 1. The third kappa shape index (κ3) is 1.80. The maximum Gasteiger partial charge on any atom is 0.382 e. The number of rotatable bonds is 3. The van der Waals surface area contributed by atoms with Gasteiger partial charge in [-0.05, 0) is 6.92 Å².